The lowest BCUT2D eigenvalue weighted by molar-refractivity contribution is 0.240. The van der Waals surface area contributed by atoms with Crippen molar-refractivity contribution in [2.24, 2.45) is 0 Å². The Balaban J connectivity index is 2.17. The molecule has 0 saturated carbocycles. The van der Waals surface area contributed by atoms with Crippen LogP contribution in [0.25, 0.3) is 0 Å². The van der Waals surface area contributed by atoms with Gasteiger partial charge in [0.05, 0.1) is 11.8 Å². The Labute approximate surface area is 131 Å². The molecule has 0 saturated heterocycles. The lowest BCUT2D eigenvalue weighted by Gasteiger charge is -2.16. The van der Waals surface area contributed by atoms with Crippen molar-refractivity contribution in [3.05, 3.63) is 58.1 Å². The molecule has 21 heavy (non-hydrogen) atoms. The van der Waals surface area contributed by atoms with Gasteiger partial charge in [-0.25, -0.2) is 8.78 Å². The van der Waals surface area contributed by atoms with E-state index in [1.807, 2.05) is 38.1 Å². The third-order valence-electron chi connectivity index (χ3n) is 2.80. The van der Waals surface area contributed by atoms with E-state index in [0.717, 1.165) is 17.4 Å². The molecule has 0 heterocycles. The highest BCUT2D eigenvalue weighted by Gasteiger charge is 2.11. The molecule has 0 unspecified atom stereocenters. The molecule has 0 aromatic heterocycles. The fourth-order valence-corrected chi connectivity index (χ4v) is 2.46. The van der Waals surface area contributed by atoms with Crippen molar-refractivity contribution in [1.82, 2.24) is 0 Å². The summed E-state index contributed by atoms with van der Waals surface area (Å²) in [6.45, 7) is 4.27. The van der Waals surface area contributed by atoms with Crippen molar-refractivity contribution in [2.45, 2.75) is 26.5 Å². The Bertz CT molecular complexity index is 608. The van der Waals surface area contributed by atoms with Crippen LogP contribution < -0.4 is 10.1 Å². The van der Waals surface area contributed by atoms with Gasteiger partial charge in [-0.3, -0.25) is 0 Å². The molecule has 112 valence electrons. The number of hydrogen-bond donors (Lipinski definition) is 1. The van der Waals surface area contributed by atoms with Crippen LogP contribution in [0.2, 0.25) is 0 Å². The summed E-state index contributed by atoms with van der Waals surface area (Å²) in [6.07, 6.45) is 0.0560. The molecule has 2 aromatic rings. The first-order chi connectivity index (χ1) is 9.97. The minimum atomic E-state index is -0.635. The van der Waals surface area contributed by atoms with E-state index >= 15 is 0 Å². The van der Waals surface area contributed by atoms with Gasteiger partial charge < -0.3 is 10.1 Å². The summed E-state index contributed by atoms with van der Waals surface area (Å²) in [5.74, 6) is -0.503. The molecule has 1 N–H and O–H groups in total. The van der Waals surface area contributed by atoms with Crippen molar-refractivity contribution in [3.63, 3.8) is 0 Å². The standard InChI is InChI=1S/C16H16BrF2NO/c1-10(2)21-15-6-4-3-5-11(15)9-20-16-13(17)7-12(18)8-14(16)19/h3-8,10,20H,9H2,1-2H3. The first-order valence-electron chi connectivity index (χ1n) is 6.60. The fraction of sp³-hybridized carbons (Fsp3) is 0.250. The molecule has 0 spiro atoms. The van der Waals surface area contributed by atoms with Crippen LogP contribution in [-0.2, 0) is 6.54 Å². The van der Waals surface area contributed by atoms with Gasteiger partial charge in [0.1, 0.15) is 17.4 Å². The second kappa shape index (κ2) is 6.89. The number of hydrogen-bond acceptors (Lipinski definition) is 2. The number of rotatable bonds is 5. The summed E-state index contributed by atoms with van der Waals surface area (Å²) < 4.78 is 32.9. The quantitative estimate of drug-likeness (QED) is 0.802. The summed E-state index contributed by atoms with van der Waals surface area (Å²) >= 11 is 3.16. The molecule has 0 aliphatic rings. The topological polar surface area (TPSA) is 21.3 Å². The second-order valence-corrected chi connectivity index (χ2v) is 5.73. The number of halogens is 3. The minimum Gasteiger partial charge on any atom is -0.491 e. The zero-order chi connectivity index (χ0) is 15.4. The average Bonchev–Trinajstić information content (AvgIpc) is 2.38. The van der Waals surface area contributed by atoms with Crippen molar-refractivity contribution < 1.29 is 13.5 Å². The van der Waals surface area contributed by atoms with E-state index in [0.29, 0.717) is 11.0 Å². The van der Waals surface area contributed by atoms with Gasteiger partial charge in [-0.15, -0.1) is 0 Å². The van der Waals surface area contributed by atoms with Gasteiger partial charge in [0.2, 0.25) is 0 Å². The van der Waals surface area contributed by atoms with Crippen molar-refractivity contribution >= 4 is 21.6 Å². The third kappa shape index (κ3) is 4.17. The van der Waals surface area contributed by atoms with Gasteiger partial charge >= 0.3 is 0 Å². The van der Waals surface area contributed by atoms with Crippen LogP contribution in [0.5, 0.6) is 5.75 Å². The molecule has 0 bridgehead atoms. The third-order valence-corrected chi connectivity index (χ3v) is 3.42. The SMILES string of the molecule is CC(C)Oc1ccccc1CNc1c(F)cc(F)cc1Br. The average molecular weight is 356 g/mol. The summed E-state index contributed by atoms with van der Waals surface area (Å²) in [4.78, 5) is 0. The van der Waals surface area contributed by atoms with Gasteiger partial charge in [-0.05, 0) is 41.9 Å². The van der Waals surface area contributed by atoms with Crippen molar-refractivity contribution in [3.8, 4) is 5.75 Å². The number of anilines is 1. The number of benzene rings is 2. The highest BCUT2D eigenvalue weighted by atomic mass is 79.9. The van der Waals surface area contributed by atoms with E-state index in [1.165, 1.54) is 6.07 Å². The second-order valence-electron chi connectivity index (χ2n) is 4.87. The molecule has 0 radical (unpaired) electrons. The monoisotopic (exact) mass is 355 g/mol. The molecule has 0 aliphatic heterocycles. The smallest absolute Gasteiger partial charge is 0.150 e. The maximum absolute atomic E-state index is 13.8. The van der Waals surface area contributed by atoms with Crippen molar-refractivity contribution in [1.29, 1.82) is 0 Å². The Morgan fingerprint density at radius 1 is 1.19 bits per heavy atom. The van der Waals surface area contributed by atoms with Crippen LogP contribution in [0.3, 0.4) is 0 Å². The molecule has 2 aromatic carbocycles. The van der Waals surface area contributed by atoms with Crippen LogP contribution in [0, 0.1) is 11.6 Å². The largest absolute Gasteiger partial charge is 0.491 e. The van der Waals surface area contributed by atoms with Crippen LogP contribution in [0.1, 0.15) is 19.4 Å². The van der Waals surface area contributed by atoms with Gasteiger partial charge in [0.15, 0.2) is 0 Å². The van der Waals surface area contributed by atoms with Gasteiger partial charge in [0.25, 0.3) is 0 Å². The summed E-state index contributed by atoms with van der Waals surface area (Å²) in [5, 5.41) is 2.97. The molecule has 0 fully saturated rings. The van der Waals surface area contributed by atoms with E-state index < -0.39 is 11.6 Å². The predicted octanol–water partition coefficient (Wildman–Crippen LogP) is 5.13. The molecule has 5 heteroatoms. The Morgan fingerprint density at radius 3 is 2.57 bits per heavy atom. The van der Waals surface area contributed by atoms with Crippen LogP contribution >= 0.6 is 15.9 Å². The number of nitrogens with one attached hydrogen (secondary N) is 1. The fourth-order valence-electron chi connectivity index (χ4n) is 1.91. The van der Waals surface area contributed by atoms with E-state index in [1.54, 1.807) is 0 Å². The molecule has 0 amide bonds. The van der Waals surface area contributed by atoms with Crippen LogP contribution in [-0.4, -0.2) is 6.10 Å². The summed E-state index contributed by atoms with van der Waals surface area (Å²) in [7, 11) is 0. The van der Waals surface area contributed by atoms with Crippen molar-refractivity contribution in [2.75, 3.05) is 5.32 Å². The zero-order valence-electron chi connectivity index (χ0n) is 11.8. The first-order valence-corrected chi connectivity index (χ1v) is 7.39. The molecular weight excluding hydrogens is 340 g/mol. The van der Waals surface area contributed by atoms with Crippen LogP contribution in [0.4, 0.5) is 14.5 Å². The lowest BCUT2D eigenvalue weighted by atomic mass is 10.2. The Kier molecular flexibility index (Phi) is 5.17. The maximum Gasteiger partial charge on any atom is 0.150 e. The molecule has 2 rings (SSSR count). The maximum atomic E-state index is 13.8. The minimum absolute atomic E-state index is 0.0560. The highest BCUT2D eigenvalue weighted by Crippen LogP contribution is 2.28. The lowest BCUT2D eigenvalue weighted by Crippen LogP contribution is -2.10. The molecular formula is C16H16BrF2NO. The molecule has 0 aliphatic carbocycles. The van der Waals surface area contributed by atoms with E-state index in [9.17, 15) is 8.78 Å². The zero-order valence-corrected chi connectivity index (χ0v) is 13.4. The van der Waals surface area contributed by atoms with Gasteiger partial charge in [-0.2, -0.15) is 0 Å². The van der Waals surface area contributed by atoms with Gasteiger partial charge in [-0.1, -0.05) is 18.2 Å². The molecule has 2 nitrogen and oxygen atoms in total. The Hall–Kier alpha value is -1.62. The Morgan fingerprint density at radius 2 is 1.90 bits per heavy atom. The number of para-hydroxylation sites is 1. The van der Waals surface area contributed by atoms with Gasteiger partial charge in [0, 0.05) is 22.6 Å². The van der Waals surface area contributed by atoms with E-state index in [2.05, 4.69) is 21.2 Å². The molecule has 0 atom stereocenters. The summed E-state index contributed by atoms with van der Waals surface area (Å²) in [5.41, 5.74) is 1.14. The first kappa shape index (κ1) is 15.8. The van der Waals surface area contributed by atoms with E-state index in [4.69, 9.17) is 4.74 Å². The summed E-state index contributed by atoms with van der Waals surface area (Å²) in [6, 6.07) is 9.62. The highest BCUT2D eigenvalue weighted by molar-refractivity contribution is 9.10. The van der Waals surface area contributed by atoms with E-state index in [-0.39, 0.29) is 11.8 Å². The predicted molar refractivity (Wildman–Crippen MR) is 83.6 cm³/mol. The number of ether oxygens (including phenoxy) is 1. The normalized spacial score (nSPS) is 10.8. The van der Waals surface area contributed by atoms with Crippen LogP contribution in [0.15, 0.2) is 40.9 Å².